The van der Waals surface area contributed by atoms with Crippen LogP contribution in [0.1, 0.15) is 49.8 Å². The number of aryl methyl sites for hydroxylation is 2. The van der Waals surface area contributed by atoms with E-state index >= 15 is 0 Å². The SMILES string of the molecule is CCCCC(Cc1ccc(C)c(C)c1)NCC. The molecule has 0 saturated carbocycles. The molecule has 1 aromatic carbocycles. The fraction of sp³-hybridized carbons (Fsp3) is 0.625. The minimum atomic E-state index is 0.641. The third-order valence-electron chi connectivity index (χ3n) is 3.45. The second kappa shape index (κ2) is 7.50. The van der Waals surface area contributed by atoms with Crippen LogP contribution in [0.25, 0.3) is 0 Å². The second-order valence-corrected chi connectivity index (χ2v) is 5.02. The van der Waals surface area contributed by atoms with E-state index in [1.54, 1.807) is 0 Å². The Morgan fingerprint density at radius 3 is 2.47 bits per heavy atom. The molecule has 0 bridgehead atoms. The normalized spacial score (nSPS) is 12.7. The molecule has 0 heterocycles. The van der Waals surface area contributed by atoms with E-state index in [0.717, 1.165) is 13.0 Å². The summed E-state index contributed by atoms with van der Waals surface area (Å²) in [5.74, 6) is 0. The highest BCUT2D eigenvalue weighted by Crippen LogP contribution is 2.13. The molecule has 0 aliphatic heterocycles. The molecule has 0 fully saturated rings. The fourth-order valence-corrected chi connectivity index (χ4v) is 2.23. The van der Waals surface area contributed by atoms with Gasteiger partial charge in [0, 0.05) is 6.04 Å². The molecule has 0 aliphatic rings. The van der Waals surface area contributed by atoms with Crippen LogP contribution < -0.4 is 5.32 Å². The molecule has 0 radical (unpaired) electrons. The van der Waals surface area contributed by atoms with Crippen molar-refractivity contribution in [2.45, 2.75) is 59.4 Å². The van der Waals surface area contributed by atoms with Crippen molar-refractivity contribution >= 4 is 0 Å². The Hall–Kier alpha value is -0.820. The summed E-state index contributed by atoms with van der Waals surface area (Å²) in [6.07, 6.45) is 5.06. The van der Waals surface area contributed by atoms with E-state index in [2.05, 4.69) is 51.2 Å². The number of hydrogen-bond donors (Lipinski definition) is 1. The van der Waals surface area contributed by atoms with Crippen LogP contribution in [-0.2, 0) is 6.42 Å². The largest absolute Gasteiger partial charge is 0.314 e. The zero-order chi connectivity index (χ0) is 12.7. The first kappa shape index (κ1) is 14.2. The number of nitrogens with one attached hydrogen (secondary N) is 1. The van der Waals surface area contributed by atoms with Gasteiger partial charge in [0.2, 0.25) is 0 Å². The fourth-order valence-electron chi connectivity index (χ4n) is 2.23. The van der Waals surface area contributed by atoms with Gasteiger partial charge in [-0.3, -0.25) is 0 Å². The summed E-state index contributed by atoms with van der Waals surface area (Å²) in [6, 6.07) is 7.50. The summed E-state index contributed by atoms with van der Waals surface area (Å²) in [6.45, 7) is 9.91. The zero-order valence-electron chi connectivity index (χ0n) is 11.8. The van der Waals surface area contributed by atoms with Crippen molar-refractivity contribution in [3.63, 3.8) is 0 Å². The Morgan fingerprint density at radius 2 is 1.88 bits per heavy atom. The number of benzene rings is 1. The highest BCUT2D eigenvalue weighted by Gasteiger charge is 2.08. The van der Waals surface area contributed by atoms with Crippen LogP contribution in [0.3, 0.4) is 0 Å². The van der Waals surface area contributed by atoms with Gasteiger partial charge in [-0.15, -0.1) is 0 Å². The van der Waals surface area contributed by atoms with E-state index in [4.69, 9.17) is 0 Å². The maximum absolute atomic E-state index is 3.60. The lowest BCUT2D eigenvalue weighted by molar-refractivity contribution is 0.473. The number of unbranched alkanes of at least 4 members (excludes halogenated alkanes) is 1. The van der Waals surface area contributed by atoms with Gasteiger partial charge in [0.1, 0.15) is 0 Å². The van der Waals surface area contributed by atoms with Gasteiger partial charge in [0.15, 0.2) is 0 Å². The van der Waals surface area contributed by atoms with Gasteiger partial charge >= 0.3 is 0 Å². The smallest absolute Gasteiger partial charge is 0.0107 e. The standard InChI is InChI=1S/C16H27N/c1-5-7-8-16(17-6-2)12-15-10-9-13(3)14(4)11-15/h9-11,16-17H,5-8,12H2,1-4H3. The van der Waals surface area contributed by atoms with Gasteiger partial charge < -0.3 is 5.32 Å². The van der Waals surface area contributed by atoms with Gasteiger partial charge in [-0.2, -0.15) is 0 Å². The number of hydrogen-bond acceptors (Lipinski definition) is 1. The van der Waals surface area contributed by atoms with Crippen molar-refractivity contribution in [3.05, 3.63) is 34.9 Å². The molecule has 1 nitrogen and oxygen atoms in total. The molecule has 0 aliphatic carbocycles. The van der Waals surface area contributed by atoms with Crippen LogP contribution in [0.5, 0.6) is 0 Å². The summed E-state index contributed by atoms with van der Waals surface area (Å²) in [4.78, 5) is 0. The van der Waals surface area contributed by atoms with Crippen molar-refractivity contribution < 1.29 is 0 Å². The molecule has 0 spiro atoms. The Kier molecular flexibility index (Phi) is 6.28. The number of likely N-dealkylation sites (N-methyl/N-ethyl adjacent to an activating group) is 1. The van der Waals surface area contributed by atoms with Crippen LogP contribution in [0.15, 0.2) is 18.2 Å². The molecule has 17 heavy (non-hydrogen) atoms. The van der Waals surface area contributed by atoms with Crippen molar-refractivity contribution in [2.75, 3.05) is 6.54 Å². The van der Waals surface area contributed by atoms with Crippen LogP contribution in [0.2, 0.25) is 0 Å². The molecule has 1 atom stereocenters. The third kappa shape index (κ3) is 4.91. The molecule has 1 N–H and O–H groups in total. The van der Waals surface area contributed by atoms with Crippen LogP contribution in [0, 0.1) is 13.8 Å². The first-order valence-corrected chi connectivity index (χ1v) is 6.96. The lowest BCUT2D eigenvalue weighted by atomic mass is 9.98. The molecule has 0 aromatic heterocycles. The highest BCUT2D eigenvalue weighted by atomic mass is 14.9. The molecular weight excluding hydrogens is 206 g/mol. The topological polar surface area (TPSA) is 12.0 Å². The predicted octanol–water partition coefficient (Wildman–Crippen LogP) is 4.01. The maximum atomic E-state index is 3.60. The summed E-state index contributed by atoms with van der Waals surface area (Å²) in [5, 5.41) is 3.60. The monoisotopic (exact) mass is 233 g/mol. The summed E-state index contributed by atoms with van der Waals surface area (Å²) < 4.78 is 0. The summed E-state index contributed by atoms with van der Waals surface area (Å²) >= 11 is 0. The van der Waals surface area contributed by atoms with E-state index in [-0.39, 0.29) is 0 Å². The molecule has 0 saturated heterocycles. The molecule has 1 unspecified atom stereocenters. The minimum absolute atomic E-state index is 0.641. The van der Waals surface area contributed by atoms with Gasteiger partial charge in [-0.25, -0.2) is 0 Å². The van der Waals surface area contributed by atoms with E-state index in [0.29, 0.717) is 6.04 Å². The average Bonchev–Trinajstić information content (AvgIpc) is 2.31. The molecular formula is C16H27N. The highest BCUT2D eigenvalue weighted by molar-refractivity contribution is 5.30. The maximum Gasteiger partial charge on any atom is 0.0107 e. The zero-order valence-corrected chi connectivity index (χ0v) is 11.8. The Balaban J connectivity index is 2.61. The molecule has 0 amide bonds. The van der Waals surface area contributed by atoms with E-state index in [1.165, 1.54) is 36.0 Å². The minimum Gasteiger partial charge on any atom is -0.314 e. The third-order valence-corrected chi connectivity index (χ3v) is 3.45. The van der Waals surface area contributed by atoms with Crippen molar-refractivity contribution in [2.24, 2.45) is 0 Å². The first-order chi connectivity index (χ1) is 8.17. The quantitative estimate of drug-likeness (QED) is 0.750. The van der Waals surface area contributed by atoms with Crippen LogP contribution in [0.4, 0.5) is 0 Å². The Labute approximate surface area is 107 Å². The summed E-state index contributed by atoms with van der Waals surface area (Å²) in [7, 11) is 0. The van der Waals surface area contributed by atoms with Gasteiger partial charge in [0.25, 0.3) is 0 Å². The van der Waals surface area contributed by atoms with E-state index in [1.807, 2.05) is 0 Å². The molecule has 1 rings (SSSR count). The lowest BCUT2D eigenvalue weighted by Crippen LogP contribution is -2.30. The molecule has 1 aromatic rings. The van der Waals surface area contributed by atoms with Crippen molar-refractivity contribution in [1.82, 2.24) is 5.32 Å². The predicted molar refractivity (Wildman–Crippen MR) is 76.6 cm³/mol. The van der Waals surface area contributed by atoms with Gasteiger partial charge in [-0.05, 0) is 49.9 Å². The summed E-state index contributed by atoms with van der Waals surface area (Å²) in [5.41, 5.74) is 4.27. The number of rotatable bonds is 7. The van der Waals surface area contributed by atoms with Crippen LogP contribution in [-0.4, -0.2) is 12.6 Å². The van der Waals surface area contributed by atoms with Crippen LogP contribution >= 0.6 is 0 Å². The van der Waals surface area contributed by atoms with E-state index in [9.17, 15) is 0 Å². The second-order valence-electron chi connectivity index (χ2n) is 5.02. The Bertz CT molecular complexity index is 330. The lowest BCUT2D eigenvalue weighted by Gasteiger charge is -2.18. The average molecular weight is 233 g/mol. The van der Waals surface area contributed by atoms with E-state index < -0.39 is 0 Å². The first-order valence-electron chi connectivity index (χ1n) is 6.96. The molecule has 1 heteroatoms. The van der Waals surface area contributed by atoms with Gasteiger partial charge in [0.05, 0.1) is 0 Å². The van der Waals surface area contributed by atoms with Crippen molar-refractivity contribution in [3.8, 4) is 0 Å². The Morgan fingerprint density at radius 1 is 1.12 bits per heavy atom. The van der Waals surface area contributed by atoms with Crippen molar-refractivity contribution in [1.29, 1.82) is 0 Å². The van der Waals surface area contributed by atoms with Gasteiger partial charge in [-0.1, -0.05) is 44.9 Å². The molecule has 96 valence electrons.